The van der Waals surface area contributed by atoms with Gasteiger partial charge in [0.25, 0.3) is 0 Å². The molecule has 4 rings (SSSR count). The number of nitrogens with zero attached hydrogens (tertiary/aromatic N) is 2. The number of anilines is 1. The lowest BCUT2D eigenvalue weighted by Gasteiger charge is -2.57. The molecule has 7 nitrogen and oxygen atoms in total. The average molecular weight is 484 g/mol. The minimum absolute atomic E-state index is 0.192. The molecule has 35 heavy (non-hydrogen) atoms. The monoisotopic (exact) mass is 483 g/mol. The third kappa shape index (κ3) is 4.99. The van der Waals surface area contributed by atoms with Gasteiger partial charge in [0.05, 0.1) is 17.6 Å². The first-order valence-electron chi connectivity index (χ1n) is 13.9. The fourth-order valence-electron chi connectivity index (χ4n) is 7.69. The van der Waals surface area contributed by atoms with E-state index in [0.29, 0.717) is 17.7 Å². The fourth-order valence-corrected chi connectivity index (χ4v) is 7.69. The van der Waals surface area contributed by atoms with Crippen molar-refractivity contribution in [3.05, 3.63) is 22.9 Å². The SMILES string of the molecule is Cc1cc(NC(=O)[C@H](C)N)nc(C)c1C(C1CCCCC1)(C1CCCCC1)N1CCC[C@H]1C(N)=O. The Morgan fingerprint density at radius 2 is 1.57 bits per heavy atom. The molecule has 1 aliphatic heterocycles. The van der Waals surface area contributed by atoms with Gasteiger partial charge in [-0.1, -0.05) is 38.5 Å². The highest BCUT2D eigenvalue weighted by molar-refractivity contribution is 5.93. The second-order valence-electron chi connectivity index (χ2n) is 11.3. The number of amides is 2. The van der Waals surface area contributed by atoms with E-state index in [2.05, 4.69) is 24.1 Å². The molecular formula is C28H45N5O2. The maximum atomic E-state index is 12.8. The van der Waals surface area contributed by atoms with Crippen molar-refractivity contribution in [3.63, 3.8) is 0 Å². The second-order valence-corrected chi connectivity index (χ2v) is 11.3. The van der Waals surface area contributed by atoms with E-state index >= 15 is 0 Å². The number of aromatic nitrogens is 1. The molecule has 1 saturated heterocycles. The molecule has 2 atom stereocenters. The maximum Gasteiger partial charge on any atom is 0.242 e. The van der Waals surface area contributed by atoms with Gasteiger partial charge >= 0.3 is 0 Å². The third-order valence-corrected chi connectivity index (χ3v) is 8.97. The van der Waals surface area contributed by atoms with Crippen LogP contribution in [0.2, 0.25) is 0 Å². The number of nitrogens with one attached hydrogen (secondary N) is 1. The summed E-state index contributed by atoms with van der Waals surface area (Å²) in [5.74, 6) is 1.08. The number of carbonyl (C=O) groups excluding carboxylic acids is 2. The molecular weight excluding hydrogens is 438 g/mol. The third-order valence-electron chi connectivity index (χ3n) is 8.97. The Morgan fingerprint density at radius 1 is 1.00 bits per heavy atom. The summed E-state index contributed by atoms with van der Waals surface area (Å²) in [5.41, 5.74) is 15.0. The Labute approximate surface area is 210 Å². The van der Waals surface area contributed by atoms with Gasteiger partial charge < -0.3 is 16.8 Å². The normalized spacial score (nSPS) is 23.8. The number of nitrogens with two attached hydrogens (primary N) is 2. The van der Waals surface area contributed by atoms with Crippen molar-refractivity contribution in [1.29, 1.82) is 0 Å². The van der Waals surface area contributed by atoms with Crippen molar-refractivity contribution in [2.24, 2.45) is 23.3 Å². The van der Waals surface area contributed by atoms with Crippen LogP contribution in [0.4, 0.5) is 5.82 Å². The lowest BCUT2D eigenvalue weighted by Crippen LogP contribution is -2.61. The van der Waals surface area contributed by atoms with Gasteiger partial charge in [0.15, 0.2) is 0 Å². The summed E-state index contributed by atoms with van der Waals surface area (Å²) in [6, 6.07) is 1.19. The van der Waals surface area contributed by atoms with Crippen molar-refractivity contribution in [1.82, 2.24) is 9.88 Å². The molecule has 1 aromatic rings. The van der Waals surface area contributed by atoms with Crippen LogP contribution in [0, 0.1) is 25.7 Å². The first-order valence-corrected chi connectivity index (χ1v) is 13.9. The zero-order valence-electron chi connectivity index (χ0n) is 21.9. The lowest BCUT2D eigenvalue weighted by atomic mass is 9.59. The van der Waals surface area contributed by atoms with Gasteiger partial charge in [0.2, 0.25) is 11.8 Å². The summed E-state index contributed by atoms with van der Waals surface area (Å²) in [7, 11) is 0. The number of carbonyl (C=O) groups is 2. The highest BCUT2D eigenvalue weighted by atomic mass is 16.2. The Morgan fingerprint density at radius 3 is 2.06 bits per heavy atom. The summed E-state index contributed by atoms with van der Waals surface area (Å²) < 4.78 is 0. The average Bonchev–Trinajstić information content (AvgIpc) is 3.33. The van der Waals surface area contributed by atoms with Gasteiger partial charge in [-0.25, -0.2) is 4.98 Å². The van der Waals surface area contributed by atoms with Crippen LogP contribution < -0.4 is 16.8 Å². The van der Waals surface area contributed by atoms with E-state index in [4.69, 9.17) is 16.5 Å². The van der Waals surface area contributed by atoms with E-state index in [9.17, 15) is 9.59 Å². The highest BCUT2D eigenvalue weighted by Crippen LogP contribution is 2.56. The lowest BCUT2D eigenvalue weighted by molar-refractivity contribution is -0.130. The first-order chi connectivity index (χ1) is 16.8. The minimum Gasteiger partial charge on any atom is -0.368 e. The standard InChI is InChI=1S/C28H45N5O2/c1-18-17-24(32-27(35)19(2)29)31-20(3)25(18)28(21-11-6-4-7-12-21,22-13-8-5-9-14-22)33-16-10-15-23(33)26(30)34/h17,19,21-23H,4-16,29H2,1-3H3,(H2,30,34)(H,31,32,35)/t19-,23-/m0/s1. The predicted octanol–water partition coefficient (Wildman–Crippen LogP) is 4.29. The molecule has 0 spiro atoms. The number of hydrogen-bond acceptors (Lipinski definition) is 5. The zero-order valence-corrected chi connectivity index (χ0v) is 21.9. The topological polar surface area (TPSA) is 114 Å². The van der Waals surface area contributed by atoms with Crippen LogP contribution in [0.5, 0.6) is 0 Å². The van der Waals surface area contributed by atoms with E-state index in [1.807, 2.05) is 6.07 Å². The summed E-state index contributed by atoms with van der Waals surface area (Å²) >= 11 is 0. The molecule has 2 amide bonds. The molecule has 3 fully saturated rings. The fraction of sp³-hybridized carbons (Fsp3) is 0.750. The van der Waals surface area contributed by atoms with Gasteiger partial charge in [0.1, 0.15) is 5.82 Å². The van der Waals surface area contributed by atoms with Gasteiger partial charge in [0, 0.05) is 5.69 Å². The van der Waals surface area contributed by atoms with Gasteiger partial charge in [-0.3, -0.25) is 14.5 Å². The first kappa shape index (κ1) is 26.1. The van der Waals surface area contributed by atoms with Crippen molar-refractivity contribution < 1.29 is 9.59 Å². The Kier molecular flexibility index (Phi) is 8.16. The van der Waals surface area contributed by atoms with Crippen LogP contribution in [0.1, 0.15) is 101 Å². The number of pyridine rings is 1. The Bertz CT molecular complexity index is 877. The molecule has 0 aromatic carbocycles. The summed E-state index contributed by atoms with van der Waals surface area (Å²) in [5, 5.41) is 2.89. The molecule has 7 heteroatoms. The number of primary amides is 1. The molecule has 3 aliphatic rings. The largest absolute Gasteiger partial charge is 0.368 e. The van der Waals surface area contributed by atoms with E-state index in [1.165, 1.54) is 69.8 Å². The molecule has 2 saturated carbocycles. The van der Waals surface area contributed by atoms with Crippen molar-refractivity contribution >= 4 is 17.6 Å². The van der Waals surface area contributed by atoms with Crippen LogP contribution in [0.15, 0.2) is 6.07 Å². The molecule has 0 radical (unpaired) electrons. The van der Waals surface area contributed by atoms with Gasteiger partial charge in [-0.05, 0) is 94.9 Å². The van der Waals surface area contributed by atoms with E-state index in [1.54, 1.807) is 6.92 Å². The number of hydrogen-bond donors (Lipinski definition) is 3. The quantitative estimate of drug-likeness (QED) is 0.535. The van der Waals surface area contributed by atoms with Crippen LogP contribution in [0.25, 0.3) is 0 Å². The van der Waals surface area contributed by atoms with Crippen LogP contribution in [0.3, 0.4) is 0 Å². The second kappa shape index (κ2) is 11.0. The number of aryl methyl sites for hydroxylation is 2. The number of rotatable bonds is 7. The highest BCUT2D eigenvalue weighted by Gasteiger charge is 2.56. The minimum atomic E-state index is -0.596. The zero-order chi connectivity index (χ0) is 25.2. The summed E-state index contributed by atoms with van der Waals surface area (Å²) in [6.07, 6.45) is 14.1. The van der Waals surface area contributed by atoms with Crippen molar-refractivity contribution in [2.75, 3.05) is 11.9 Å². The van der Waals surface area contributed by atoms with E-state index in [-0.39, 0.29) is 23.4 Å². The molecule has 0 bridgehead atoms. The molecule has 5 N–H and O–H groups in total. The molecule has 2 heterocycles. The molecule has 1 aromatic heterocycles. The number of likely N-dealkylation sites (tertiary alicyclic amines) is 1. The van der Waals surface area contributed by atoms with Crippen molar-refractivity contribution in [3.8, 4) is 0 Å². The summed E-state index contributed by atoms with van der Waals surface area (Å²) in [6.45, 7) is 6.82. The van der Waals surface area contributed by atoms with E-state index < -0.39 is 6.04 Å². The predicted molar refractivity (Wildman–Crippen MR) is 140 cm³/mol. The molecule has 0 unspecified atom stereocenters. The smallest absolute Gasteiger partial charge is 0.242 e. The van der Waals surface area contributed by atoms with Crippen LogP contribution in [-0.2, 0) is 15.1 Å². The molecule has 2 aliphatic carbocycles. The Balaban J connectivity index is 1.91. The van der Waals surface area contributed by atoms with Gasteiger partial charge in [-0.2, -0.15) is 0 Å². The molecule has 194 valence electrons. The van der Waals surface area contributed by atoms with Gasteiger partial charge in [-0.15, -0.1) is 0 Å². The maximum absolute atomic E-state index is 12.8. The van der Waals surface area contributed by atoms with Crippen molar-refractivity contribution in [2.45, 2.75) is 115 Å². The van der Waals surface area contributed by atoms with E-state index in [0.717, 1.165) is 30.6 Å². The van der Waals surface area contributed by atoms with Crippen LogP contribution in [-0.4, -0.2) is 40.3 Å². The Hall–Kier alpha value is -1.99. The van der Waals surface area contributed by atoms with Crippen LogP contribution >= 0.6 is 0 Å². The summed E-state index contributed by atoms with van der Waals surface area (Å²) in [4.78, 5) is 32.5.